The Hall–Kier alpha value is -0.830. The Kier molecular flexibility index (Phi) is 1.43. The monoisotopic (exact) mass is 138 g/mol. The van der Waals surface area contributed by atoms with Crippen molar-refractivity contribution in [2.24, 2.45) is 0 Å². The van der Waals surface area contributed by atoms with Crippen molar-refractivity contribution in [1.82, 2.24) is 9.55 Å². The average Bonchev–Trinajstić information content (AvgIpc) is 2.63. The van der Waals surface area contributed by atoms with Gasteiger partial charge in [0.2, 0.25) is 0 Å². The standard InChI is InChI=1S/C7H10N2O/c1(7-5-10-7)3-9-4-2-8-6-9/h2,4,6-7H,1,3,5H2. The zero-order valence-electron chi connectivity index (χ0n) is 5.73. The fourth-order valence-electron chi connectivity index (χ4n) is 0.947. The molecule has 10 heavy (non-hydrogen) atoms. The van der Waals surface area contributed by atoms with Crippen LogP contribution in [0.4, 0.5) is 0 Å². The molecule has 0 N–H and O–H groups in total. The van der Waals surface area contributed by atoms with Crippen LogP contribution in [0.25, 0.3) is 0 Å². The highest BCUT2D eigenvalue weighted by Gasteiger charge is 2.21. The van der Waals surface area contributed by atoms with E-state index in [9.17, 15) is 0 Å². The first-order chi connectivity index (χ1) is 4.95. The number of ether oxygens (including phenoxy) is 1. The summed E-state index contributed by atoms with van der Waals surface area (Å²) in [5.41, 5.74) is 0. The lowest BCUT2D eigenvalue weighted by molar-refractivity contribution is 0.385. The fraction of sp³-hybridized carbons (Fsp3) is 0.571. The summed E-state index contributed by atoms with van der Waals surface area (Å²) in [5, 5.41) is 0. The molecule has 1 aliphatic rings. The van der Waals surface area contributed by atoms with E-state index >= 15 is 0 Å². The molecule has 0 aromatic carbocycles. The van der Waals surface area contributed by atoms with Crippen molar-refractivity contribution < 1.29 is 4.74 Å². The van der Waals surface area contributed by atoms with Crippen LogP contribution in [0.2, 0.25) is 0 Å². The predicted octanol–water partition coefficient (Wildman–Crippen LogP) is 0.672. The molecule has 1 saturated heterocycles. The minimum Gasteiger partial charge on any atom is -0.373 e. The van der Waals surface area contributed by atoms with Gasteiger partial charge in [0.05, 0.1) is 19.0 Å². The maximum Gasteiger partial charge on any atom is 0.0945 e. The molecule has 0 spiro atoms. The molecular formula is C7H10N2O. The molecule has 0 aliphatic carbocycles. The Labute approximate surface area is 59.6 Å². The van der Waals surface area contributed by atoms with Gasteiger partial charge in [-0.15, -0.1) is 0 Å². The van der Waals surface area contributed by atoms with Crippen molar-refractivity contribution in [1.29, 1.82) is 0 Å². The van der Waals surface area contributed by atoms with Crippen molar-refractivity contribution in [2.75, 3.05) is 6.61 Å². The minimum atomic E-state index is 0.530. The lowest BCUT2D eigenvalue weighted by Gasteiger charge is -1.96. The Morgan fingerprint density at radius 1 is 1.70 bits per heavy atom. The summed E-state index contributed by atoms with van der Waals surface area (Å²) in [6.07, 6.45) is 7.26. The highest BCUT2D eigenvalue weighted by Crippen LogP contribution is 2.13. The molecular weight excluding hydrogens is 128 g/mol. The quantitative estimate of drug-likeness (QED) is 0.575. The zero-order valence-corrected chi connectivity index (χ0v) is 5.73. The van der Waals surface area contributed by atoms with Crippen LogP contribution in [0.15, 0.2) is 18.7 Å². The Bertz CT molecular complexity index is 191. The van der Waals surface area contributed by atoms with Crippen LogP contribution < -0.4 is 0 Å². The van der Waals surface area contributed by atoms with Crippen molar-refractivity contribution >= 4 is 0 Å². The third-order valence-electron chi connectivity index (χ3n) is 1.67. The van der Waals surface area contributed by atoms with E-state index in [0.29, 0.717) is 6.10 Å². The van der Waals surface area contributed by atoms with Crippen molar-refractivity contribution in [3.8, 4) is 0 Å². The van der Waals surface area contributed by atoms with E-state index in [0.717, 1.165) is 19.6 Å². The maximum atomic E-state index is 5.07. The first-order valence-corrected chi connectivity index (χ1v) is 3.52. The first-order valence-electron chi connectivity index (χ1n) is 3.52. The maximum absolute atomic E-state index is 5.07. The van der Waals surface area contributed by atoms with E-state index in [1.807, 2.05) is 12.5 Å². The van der Waals surface area contributed by atoms with E-state index in [1.54, 1.807) is 6.20 Å². The second-order valence-corrected chi connectivity index (χ2v) is 2.54. The first kappa shape index (κ1) is 5.92. The molecule has 1 unspecified atom stereocenters. The smallest absolute Gasteiger partial charge is 0.0945 e. The van der Waals surface area contributed by atoms with Crippen LogP contribution in [0.1, 0.15) is 6.42 Å². The molecule has 1 aromatic heterocycles. The van der Waals surface area contributed by atoms with Gasteiger partial charge in [0.1, 0.15) is 0 Å². The van der Waals surface area contributed by atoms with E-state index in [2.05, 4.69) is 9.55 Å². The Morgan fingerprint density at radius 3 is 3.20 bits per heavy atom. The number of hydrogen-bond acceptors (Lipinski definition) is 2. The van der Waals surface area contributed by atoms with Crippen molar-refractivity contribution in [3.05, 3.63) is 18.7 Å². The molecule has 0 saturated carbocycles. The van der Waals surface area contributed by atoms with Crippen LogP contribution >= 0.6 is 0 Å². The normalized spacial score (nSPS) is 23.0. The predicted molar refractivity (Wildman–Crippen MR) is 36.6 cm³/mol. The summed E-state index contributed by atoms with van der Waals surface area (Å²) < 4.78 is 7.14. The van der Waals surface area contributed by atoms with Gasteiger partial charge in [0.15, 0.2) is 0 Å². The van der Waals surface area contributed by atoms with Crippen LogP contribution in [0, 0.1) is 0 Å². The summed E-state index contributed by atoms with van der Waals surface area (Å²) in [6.45, 7) is 1.99. The Balaban J connectivity index is 1.79. The Morgan fingerprint density at radius 2 is 2.60 bits per heavy atom. The van der Waals surface area contributed by atoms with Gasteiger partial charge in [-0.25, -0.2) is 4.98 Å². The number of nitrogens with zero attached hydrogens (tertiary/aromatic N) is 2. The second-order valence-electron chi connectivity index (χ2n) is 2.54. The van der Waals surface area contributed by atoms with Crippen LogP contribution in [0.3, 0.4) is 0 Å². The molecule has 0 amide bonds. The molecule has 2 rings (SSSR count). The molecule has 1 fully saturated rings. The summed E-state index contributed by atoms with van der Waals surface area (Å²) in [4.78, 5) is 3.94. The van der Waals surface area contributed by atoms with Gasteiger partial charge >= 0.3 is 0 Å². The van der Waals surface area contributed by atoms with E-state index in [4.69, 9.17) is 4.74 Å². The van der Waals surface area contributed by atoms with Crippen LogP contribution in [-0.4, -0.2) is 22.3 Å². The van der Waals surface area contributed by atoms with Gasteiger partial charge in [-0.3, -0.25) is 0 Å². The van der Waals surface area contributed by atoms with E-state index < -0.39 is 0 Å². The molecule has 1 aromatic rings. The van der Waals surface area contributed by atoms with E-state index in [1.165, 1.54) is 0 Å². The number of aromatic nitrogens is 2. The number of aryl methyl sites for hydroxylation is 1. The SMILES string of the molecule is c1cn(CCC2CO2)cn1. The summed E-state index contributed by atoms with van der Waals surface area (Å²) in [6, 6.07) is 0. The van der Waals surface area contributed by atoms with Crippen LogP contribution in [-0.2, 0) is 11.3 Å². The van der Waals surface area contributed by atoms with Gasteiger partial charge < -0.3 is 9.30 Å². The average molecular weight is 138 g/mol. The molecule has 0 bridgehead atoms. The summed E-state index contributed by atoms with van der Waals surface area (Å²) in [5.74, 6) is 0. The van der Waals surface area contributed by atoms with Crippen molar-refractivity contribution in [3.63, 3.8) is 0 Å². The third-order valence-corrected chi connectivity index (χ3v) is 1.67. The summed E-state index contributed by atoms with van der Waals surface area (Å²) in [7, 11) is 0. The van der Waals surface area contributed by atoms with Gasteiger partial charge in [-0.05, 0) is 6.42 Å². The fourth-order valence-corrected chi connectivity index (χ4v) is 0.947. The van der Waals surface area contributed by atoms with Crippen molar-refractivity contribution in [2.45, 2.75) is 19.1 Å². The number of rotatable bonds is 3. The van der Waals surface area contributed by atoms with Gasteiger partial charge in [-0.2, -0.15) is 0 Å². The highest BCUT2D eigenvalue weighted by molar-refractivity contribution is 4.76. The number of imidazole rings is 1. The lowest BCUT2D eigenvalue weighted by Crippen LogP contribution is -1.97. The van der Waals surface area contributed by atoms with E-state index in [-0.39, 0.29) is 0 Å². The molecule has 0 radical (unpaired) electrons. The van der Waals surface area contributed by atoms with Gasteiger partial charge in [-0.1, -0.05) is 0 Å². The molecule has 3 heteroatoms. The number of epoxide rings is 1. The summed E-state index contributed by atoms with van der Waals surface area (Å²) >= 11 is 0. The number of hydrogen-bond donors (Lipinski definition) is 0. The highest BCUT2D eigenvalue weighted by atomic mass is 16.6. The minimum absolute atomic E-state index is 0.530. The third kappa shape index (κ3) is 1.36. The van der Waals surface area contributed by atoms with Crippen LogP contribution in [0.5, 0.6) is 0 Å². The van der Waals surface area contributed by atoms with Gasteiger partial charge in [0.25, 0.3) is 0 Å². The molecule has 1 aliphatic heterocycles. The second kappa shape index (κ2) is 2.42. The topological polar surface area (TPSA) is 30.4 Å². The molecule has 3 nitrogen and oxygen atoms in total. The largest absolute Gasteiger partial charge is 0.373 e. The van der Waals surface area contributed by atoms with Gasteiger partial charge in [0, 0.05) is 18.9 Å². The molecule has 1 atom stereocenters. The lowest BCUT2D eigenvalue weighted by atomic mass is 10.3. The molecule has 2 heterocycles. The molecule has 54 valence electrons. The zero-order chi connectivity index (χ0) is 6.81.